The van der Waals surface area contributed by atoms with Gasteiger partial charge in [-0.2, -0.15) is 5.10 Å². The zero-order chi connectivity index (χ0) is 24.7. The highest BCUT2D eigenvalue weighted by molar-refractivity contribution is 9.10. The maximum atomic E-state index is 12.4. The predicted molar refractivity (Wildman–Crippen MR) is 130 cm³/mol. The quantitative estimate of drug-likeness (QED) is 0.254. The Morgan fingerprint density at radius 3 is 2.32 bits per heavy atom. The van der Waals surface area contributed by atoms with E-state index in [1.165, 1.54) is 69.0 Å². The van der Waals surface area contributed by atoms with Crippen LogP contribution in [0.1, 0.15) is 26.3 Å². The highest BCUT2D eigenvalue weighted by Gasteiger charge is 2.12. The maximum absolute atomic E-state index is 12.4. The maximum Gasteiger partial charge on any atom is 0.271 e. The Morgan fingerprint density at radius 2 is 1.68 bits per heavy atom. The third kappa shape index (κ3) is 5.95. The molecule has 0 unspecified atom stereocenters. The topological polar surface area (TPSA) is 132 Å². The van der Waals surface area contributed by atoms with Crippen molar-refractivity contribution < 1.29 is 24.0 Å². The van der Waals surface area contributed by atoms with Crippen molar-refractivity contribution >= 4 is 45.3 Å². The highest BCUT2D eigenvalue weighted by atomic mass is 79.9. The molecule has 3 aromatic rings. The first kappa shape index (κ1) is 24.4. The average molecular weight is 527 g/mol. The van der Waals surface area contributed by atoms with Crippen molar-refractivity contribution in [2.45, 2.75) is 0 Å². The molecule has 174 valence electrons. The smallest absolute Gasteiger partial charge is 0.271 e. The molecule has 0 saturated heterocycles. The fourth-order valence-electron chi connectivity index (χ4n) is 2.88. The number of nitrogens with zero attached hydrogens (tertiary/aromatic N) is 2. The summed E-state index contributed by atoms with van der Waals surface area (Å²) in [6.45, 7) is 0. The monoisotopic (exact) mass is 526 g/mol. The predicted octanol–water partition coefficient (Wildman–Crippen LogP) is 4.39. The minimum absolute atomic E-state index is 0.144. The first-order valence-electron chi connectivity index (χ1n) is 9.73. The lowest BCUT2D eigenvalue weighted by Crippen LogP contribution is -2.18. The number of amides is 2. The van der Waals surface area contributed by atoms with Crippen molar-refractivity contribution in [1.82, 2.24) is 5.43 Å². The summed E-state index contributed by atoms with van der Waals surface area (Å²) in [5.74, 6) is 0.141. The number of nitrogens with one attached hydrogen (secondary N) is 2. The summed E-state index contributed by atoms with van der Waals surface area (Å²) in [7, 11) is 3.05. The molecule has 3 rings (SSSR count). The number of nitro benzene ring substituents is 1. The van der Waals surface area contributed by atoms with Crippen LogP contribution in [0.5, 0.6) is 11.5 Å². The molecule has 0 spiro atoms. The number of nitro groups is 1. The molecule has 0 aliphatic rings. The molecule has 0 aromatic heterocycles. The van der Waals surface area contributed by atoms with Gasteiger partial charge in [0.15, 0.2) is 0 Å². The van der Waals surface area contributed by atoms with E-state index in [0.717, 1.165) is 0 Å². The van der Waals surface area contributed by atoms with Gasteiger partial charge in [-0.25, -0.2) is 5.43 Å². The van der Waals surface area contributed by atoms with E-state index in [0.29, 0.717) is 32.8 Å². The van der Waals surface area contributed by atoms with Gasteiger partial charge in [-0.15, -0.1) is 0 Å². The van der Waals surface area contributed by atoms with Gasteiger partial charge in [-0.3, -0.25) is 19.7 Å². The number of methoxy groups -OCH3 is 2. The molecular formula is C23H19BrN4O6. The second kappa shape index (κ2) is 11.1. The van der Waals surface area contributed by atoms with Gasteiger partial charge in [0.2, 0.25) is 0 Å². The molecule has 0 radical (unpaired) electrons. The normalized spacial score (nSPS) is 10.6. The Morgan fingerprint density at radius 1 is 0.971 bits per heavy atom. The van der Waals surface area contributed by atoms with E-state index in [9.17, 15) is 19.7 Å². The number of rotatable bonds is 8. The number of halogens is 1. The molecule has 0 aliphatic carbocycles. The fraction of sp³-hybridized carbons (Fsp3) is 0.0870. The van der Waals surface area contributed by atoms with Crippen molar-refractivity contribution in [3.05, 3.63) is 91.9 Å². The first-order valence-corrected chi connectivity index (χ1v) is 10.5. The van der Waals surface area contributed by atoms with Crippen LogP contribution in [0.2, 0.25) is 0 Å². The molecule has 10 nitrogen and oxygen atoms in total. The summed E-state index contributed by atoms with van der Waals surface area (Å²) in [4.78, 5) is 35.0. The van der Waals surface area contributed by atoms with Gasteiger partial charge in [0.1, 0.15) is 11.5 Å². The van der Waals surface area contributed by atoms with Gasteiger partial charge in [-0.1, -0.05) is 6.07 Å². The molecule has 34 heavy (non-hydrogen) atoms. The molecular weight excluding hydrogens is 508 g/mol. The third-order valence-electron chi connectivity index (χ3n) is 4.60. The van der Waals surface area contributed by atoms with E-state index in [1.54, 1.807) is 12.1 Å². The van der Waals surface area contributed by atoms with Crippen LogP contribution in [0, 0.1) is 10.1 Å². The second-order valence-corrected chi connectivity index (χ2v) is 7.62. The van der Waals surface area contributed by atoms with Gasteiger partial charge >= 0.3 is 0 Å². The van der Waals surface area contributed by atoms with E-state index in [2.05, 4.69) is 31.8 Å². The largest absolute Gasteiger partial charge is 0.496 e. The number of hydrazone groups is 1. The van der Waals surface area contributed by atoms with Crippen molar-refractivity contribution in [3.63, 3.8) is 0 Å². The van der Waals surface area contributed by atoms with Crippen LogP contribution in [0.25, 0.3) is 0 Å². The molecule has 0 saturated carbocycles. The van der Waals surface area contributed by atoms with E-state index in [4.69, 9.17) is 9.47 Å². The lowest BCUT2D eigenvalue weighted by atomic mass is 10.1. The van der Waals surface area contributed by atoms with E-state index >= 15 is 0 Å². The number of hydrogen-bond donors (Lipinski definition) is 2. The number of carbonyl (C=O) groups is 2. The van der Waals surface area contributed by atoms with Crippen LogP contribution in [-0.2, 0) is 0 Å². The lowest BCUT2D eigenvalue weighted by Gasteiger charge is -2.09. The Balaban J connectivity index is 1.63. The van der Waals surface area contributed by atoms with Crippen LogP contribution < -0.4 is 20.2 Å². The Hall–Kier alpha value is -4.25. The summed E-state index contributed by atoms with van der Waals surface area (Å²) < 4.78 is 11.2. The number of benzene rings is 3. The highest BCUT2D eigenvalue weighted by Crippen LogP contribution is 2.31. The zero-order valence-electron chi connectivity index (χ0n) is 18.1. The number of ether oxygens (including phenoxy) is 2. The SMILES string of the molecule is COc1cc(OC)c(/C=N\NC(=O)c2ccc(NC(=O)c3cccc([N+](=O)[O-])c3)cc2)cc1Br. The summed E-state index contributed by atoms with van der Waals surface area (Å²) in [5, 5.41) is 17.5. The minimum atomic E-state index is -0.573. The Kier molecular flexibility index (Phi) is 7.93. The Labute approximate surface area is 202 Å². The van der Waals surface area contributed by atoms with E-state index in [-0.39, 0.29) is 11.3 Å². The first-order chi connectivity index (χ1) is 16.3. The second-order valence-electron chi connectivity index (χ2n) is 6.77. The molecule has 3 aromatic carbocycles. The summed E-state index contributed by atoms with van der Waals surface area (Å²) in [6, 6.07) is 14.9. The van der Waals surface area contributed by atoms with Crippen LogP contribution >= 0.6 is 15.9 Å². The van der Waals surface area contributed by atoms with Crippen molar-refractivity contribution in [3.8, 4) is 11.5 Å². The standard InChI is InChI=1S/C23H19BrN4O6/c1-33-20-12-21(34-2)19(24)11-16(20)13-25-27-23(30)14-6-8-17(9-7-14)26-22(29)15-4-3-5-18(10-15)28(31)32/h3-13H,1-2H3,(H,26,29)(H,27,30)/b25-13-. The molecule has 0 bridgehead atoms. The summed E-state index contributed by atoms with van der Waals surface area (Å²) in [6.07, 6.45) is 1.44. The van der Waals surface area contributed by atoms with Gasteiger partial charge < -0.3 is 14.8 Å². The summed E-state index contributed by atoms with van der Waals surface area (Å²) in [5.41, 5.74) is 3.74. The van der Waals surface area contributed by atoms with Crippen LogP contribution in [0.15, 0.2) is 70.2 Å². The molecule has 11 heteroatoms. The zero-order valence-corrected chi connectivity index (χ0v) is 19.7. The number of non-ortho nitro benzene ring substituents is 1. The molecule has 0 fully saturated rings. The van der Waals surface area contributed by atoms with Crippen molar-refractivity contribution in [1.29, 1.82) is 0 Å². The molecule has 0 atom stereocenters. The van der Waals surface area contributed by atoms with E-state index < -0.39 is 16.7 Å². The van der Waals surface area contributed by atoms with Gasteiger partial charge in [-0.05, 0) is 52.3 Å². The van der Waals surface area contributed by atoms with Crippen molar-refractivity contribution in [2.75, 3.05) is 19.5 Å². The van der Waals surface area contributed by atoms with Crippen molar-refractivity contribution in [2.24, 2.45) is 5.10 Å². The molecule has 2 amide bonds. The van der Waals surface area contributed by atoms with Gasteiger partial charge in [0, 0.05) is 40.6 Å². The average Bonchev–Trinajstić information content (AvgIpc) is 2.84. The third-order valence-corrected chi connectivity index (χ3v) is 5.22. The summed E-state index contributed by atoms with van der Waals surface area (Å²) >= 11 is 3.39. The lowest BCUT2D eigenvalue weighted by molar-refractivity contribution is -0.384. The van der Waals surface area contributed by atoms with Crippen LogP contribution in [0.3, 0.4) is 0 Å². The number of carbonyl (C=O) groups excluding carboxylic acids is 2. The van der Waals surface area contributed by atoms with Crippen LogP contribution in [0.4, 0.5) is 11.4 Å². The molecule has 0 heterocycles. The van der Waals surface area contributed by atoms with Gasteiger partial charge in [0.25, 0.3) is 17.5 Å². The number of anilines is 1. The van der Waals surface area contributed by atoms with Crippen LogP contribution in [-0.4, -0.2) is 37.2 Å². The molecule has 0 aliphatic heterocycles. The van der Waals surface area contributed by atoms with Gasteiger partial charge in [0.05, 0.1) is 29.8 Å². The minimum Gasteiger partial charge on any atom is -0.496 e. The number of hydrogen-bond acceptors (Lipinski definition) is 7. The van der Waals surface area contributed by atoms with E-state index in [1.807, 2.05) is 0 Å². The molecule has 2 N–H and O–H groups in total. The Bertz CT molecular complexity index is 1260. The fourth-order valence-corrected chi connectivity index (χ4v) is 3.40.